The number of nitrogens with zero attached hydrogens (tertiary/aromatic N) is 7. The number of nitrogen functional groups attached to an aromatic ring is 1. The Morgan fingerprint density at radius 1 is 1.12 bits per heavy atom. The van der Waals surface area contributed by atoms with Crippen LogP contribution in [0.3, 0.4) is 0 Å². The number of nitriles is 2. The summed E-state index contributed by atoms with van der Waals surface area (Å²) in [4.78, 5) is 17.8. The van der Waals surface area contributed by atoms with Gasteiger partial charge in [0.15, 0.2) is 11.6 Å². The first kappa shape index (κ1) is 26.4. The van der Waals surface area contributed by atoms with Gasteiger partial charge >= 0.3 is 6.01 Å². The van der Waals surface area contributed by atoms with E-state index in [-0.39, 0.29) is 10.2 Å². The summed E-state index contributed by atoms with van der Waals surface area (Å²) < 4.78 is 11.7. The lowest BCUT2D eigenvalue weighted by Crippen LogP contribution is -2.57. The molecule has 218 valence electrons. The Kier molecular flexibility index (Phi) is 6.23. The van der Waals surface area contributed by atoms with Crippen LogP contribution in [0.25, 0.3) is 0 Å². The van der Waals surface area contributed by atoms with Crippen molar-refractivity contribution in [2.24, 2.45) is 5.41 Å². The van der Waals surface area contributed by atoms with Gasteiger partial charge < -0.3 is 30.3 Å². The summed E-state index contributed by atoms with van der Waals surface area (Å²) in [6, 6.07) is 5.46. The van der Waals surface area contributed by atoms with Crippen molar-refractivity contribution >= 4 is 39.7 Å². The fraction of sp³-hybridized carbons (Fsp3) is 0.586. The molecule has 1 atom stereocenters. The van der Waals surface area contributed by atoms with Crippen molar-refractivity contribution in [3.05, 3.63) is 33.3 Å². The van der Waals surface area contributed by atoms with Crippen LogP contribution < -0.4 is 25.6 Å². The van der Waals surface area contributed by atoms with Gasteiger partial charge in [-0.25, -0.2) is 0 Å². The molecule has 0 radical (unpaired) electrons. The van der Waals surface area contributed by atoms with E-state index in [0.717, 1.165) is 70.0 Å². The highest BCUT2D eigenvalue weighted by Crippen LogP contribution is 2.58. The van der Waals surface area contributed by atoms with E-state index in [2.05, 4.69) is 38.2 Å². The molecule has 1 spiro atoms. The predicted molar refractivity (Wildman–Crippen MR) is 162 cm³/mol. The number of hydrogen-bond donors (Lipinski definition) is 2. The average molecular weight is 604 g/mol. The molecule has 1 saturated carbocycles. The quantitative estimate of drug-likeness (QED) is 0.480. The smallest absolute Gasteiger partial charge is 0.320 e. The van der Waals surface area contributed by atoms with E-state index in [1.165, 1.54) is 21.9 Å². The minimum absolute atomic E-state index is 0.123. The maximum absolute atomic E-state index is 10.5. The van der Waals surface area contributed by atoms with Crippen LogP contribution in [0.1, 0.15) is 40.8 Å². The van der Waals surface area contributed by atoms with Gasteiger partial charge in [-0.15, -0.1) is 23.1 Å². The second kappa shape index (κ2) is 9.91. The van der Waals surface area contributed by atoms with Crippen molar-refractivity contribution in [3.8, 4) is 18.1 Å². The van der Waals surface area contributed by atoms with E-state index in [9.17, 15) is 10.5 Å². The van der Waals surface area contributed by atoms with Crippen molar-refractivity contribution < 1.29 is 9.47 Å². The van der Waals surface area contributed by atoms with Crippen molar-refractivity contribution in [3.63, 3.8) is 0 Å². The van der Waals surface area contributed by atoms with Crippen LogP contribution in [0, 0.1) is 28.1 Å². The van der Waals surface area contributed by atoms with Gasteiger partial charge in [0, 0.05) is 72.6 Å². The molecule has 8 rings (SSSR count). The molecule has 3 N–H and O–H groups in total. The van der Waals surface area contributed by atoms with Gasteiger partial charge in [0.2, 0.25) is 0 Å². The Morgan fingerprint density at radius 2 is 1.88 bits per heavy atom. The van der Waals surface area contributed by atoms with Gasteiger partial charge in [-0.3, -0.25) is 4.90 Å². The predicted octanol–water partition coefficient (Wildman–Crippen LogP) is 2.38. The molecule has 2 aromatic rings. The number of ether oxygens (including phenoxy) is 2. The zero-order valence-electron chi connectivity index (χ0n) is 23.4. The molecule has 5 aliphatic heterocycles. The normalized spacial score (nSPS) is 24.8. The number of nitrogens with two attached hydrogens (primary N) is 1. The first-order valence-corrected chi connectivity index (χ1v) is 16.4. The molecule has 0 amide bonds. The van der Waals surface area contributed by atoms with Crippen LogP contribution in [0.15, 0.2) is 11.8 Å². The Bertz CT molecular complexity index is 1540. The van der Waals surface area contributed by atoms with E-state index < -0.39 is 0 Å². The topological polar surface area (TPSA) is 140 Å². The van der Waals surface area contributed by atoms with Crippen molar-refractivity contribution in [2.75, 3.05) is 81.2 Å². The van der Waals surface area contributed by atoms with Gasteiger partial charge in [-0.1, -0.05) is 6.08 Å². The maximum Gasteiger partial charge on any atom is 0.320 e. The molecule has 7 heterocycles. The van der Waals surface area contributed by atoms with E-state index in [0.29, 0.717) is 66.1 Å². The molecule has 0 aromatic carbocycles. The van der Waals surface area contributed by atoms with Crippen LogP contribution in [0.5, 0.6) is 6.01 Å². The Morgan fingerprint density at radius 3 is 2.60 bits per heavy atom. The van der Waals surface area contributed by atoms with Crippen LogP contribution in [-0.2, 0) is 15.2 Å². The molecule has 4 fully saturated rings. The average Bonchev–Trinajstić information content (AvgIpc) is 3.35. The molecular formula is C29H33N9O2S2. The fourth-order valence-corrected chi connectivity index (χ4v) is 9.85. The highest BCUT2D eigenvalue weighted by atomic mass is 32.2. The number of rotatable bonds is 7. The molecular weight excluding hydrogens is 571 g/mol. The summed E-state index contributed by atoms with van der Waals surface area (Å²) in [5, 5.41) is 24.4. The third-order valence-electron chi connectivity index (χ3n) is 9.48. The van der Waals surface area contributed by atoms with E-state index >= 15 is 0 Å². The summed E-state index contributed by atoms with van der Waals surface area (Å²) in [5.74, 6) is 2.13. The number of aromatic nitrogens is 2. The molecule has 2 aromatic heterocycles. The monoisotopic (exact) mass is 603 g/mol. The Labute approximate surface area is 253 Å². The van der Waals surface area contributed by atoms with E-state index in [4.69, 9.17) is 25.2 Å². The second-order valence-electron chi connectivity index (χ2n) is 12.4. The molecule has 1 aliphatic carbocycles. The van der Waals surface area contributed by atoms with Gasteiger partial charge in [0.05, 0.1) is 36.7 Å². The number of nitrogens with one attached hydrogen (secondary N) is 1. The number of fused-ring (bicyclic) bond motifs is 4. The number of thioether (sulfide) groups is 1. The van der Waals surface area contributed by atoms with Crippen molar-refractivity contribution in [1.29, 1.82) is 10.5 Å². The summed E-state index contributed by atoms with van der Waals surface area (Å²) in [6.07, 6.45) is 5.49. The van der Waals surface area contributed by atoms with Crippen LogP contribution in [0.2, 0.25) is 0 Å². The van der Waals surface area contributed by atoms with Crippen molar-refractivity contribution in [1.82, 2.24) is 20.2 Å². The third kappa shape index (κ3) is 4.37. The number of morpholine rings is 1. The lowest BCUT2D eigenvalue weighted by Gasteiger charge is -2.49. The SMILES string of the molecule is N#Cc1c(N2CC3=CCC(C2)N3)nc(OCC2(CN3CCOCC3)CC2)nc1N1CC2(C1)SCc1sc(N)c(C#N)c12. The van der Waals surface area contributed by atoms with Crippen LogP contribution in [-0.4, -0.2) is 86.5 Å². The largest absolute Gasteiger partial charge is 0.463 e. The molecule has 42 heavy (non-hydrogen) atoms. The van der Waals surface area contributed by atoms with Crippen molar-refractivity contribution in [2.45, 2.75) is 35.8 Å². The molecule has 3 saturated heterocycles. The first-order valence-electron chi connectivity index (χ1n) is 14.6. The van der Waals surface area contributed by atoms with E-state index in [1.807, 2.05) is 11.8 Å². The molecule has 2 bridgehead atoms. The molecule has 13 heteroatoms. The minimum Gasteiger partial charge on any atom is -0.463 e. The lowest BCUT2D eigenvalue weighted by atomic mass is 9.88. The Hall–Kier alpha value is -3.23. The molecule has 11 nitrogen and oxygen atoms in total. The highest BCUT2D eigenvalue weighted by Gasteiger charge is 2.53. The van der Waals surface area contributed by atoms with Gasteiger partial charge in [-0.05, 0) is 19.3 Å². The zero-order chi connectivity index (χ0) is 28.5. The highest BCUT2D eigenvalue weighted by molar-refractivity contribution is 8.00. The third-order valence-corrected chi connectivity index (χ3v) is 12.1. The van der Waals surface area contributed by atoms with Gasteiger partial charge in [0.1, 0.15) is 22.7 Å². The van der Waals surface area contributed by atoms with Crippen LogP contribution >= 0.6 is 23.1 Å². The fourth-order valence-electron chi connectivity index (χ4n) is 7.05. The molecule has 1 unspecified atom stereocenters. The summed E-state index contributed by atoms with van der Waals surface area (Å²) >= 11 is 3.40. The standard InChI is InChI=1S/C29H33N9O2S2/c30-9-20-23-22(42-24(20)32)13-41-29(23)15-38(16-29)26-21(10-31)25(37-11-18-1-2-19(12-37)33-18)34-27(35-26)40-17-28(3-4-28)14-36-5-7-39-8-6-36/h1,19,33H,2-8,11-17,32H2. The van der Waals surface area contributed by atoms with Gasteiger partial charge in [0.25, 0.3) is 0 Å². The lowest BCUT2D eigenvalue weighted by molar-refractivity contribution is 0.0231. The summed E-state index contributed by atoms with van der Waals surface area (Å²) in [5.41, 5.74) is 9.70. The number of hydrogen-bond acceptors (Lipinski definition) is 13. The molecule has 6 aliphatic rings. The zero-order valence-corrected chi connectivity index (χ0v) is 25.0. The summed E-state index contributed by atoms with van der Waals surface area (Å²) in [7, 11) is 0. The first-order chi connectivity index (χ1) is 20.5. The number of thiophene rings is 1. The summed E-state index contributed by atoms with van der Waals surface area (Å²) in [6.45, 7) is 7.84. The maximum atomic E-state index is 10.5. The van der Waals surface area contributed by atoms with Crippen LogP contribution in [0.4, 0.5) is 16.6 Å². The minimum atomic E-state index is -0.206. The number of piperazine rings is 1. The van der Waals surface area contributed by atoms with Gasteiger partial charge in [-0.2, -0.15) is 20.5 Å². The van der Waals surface area contributed by atoms with E-state index in [1.54, 1.807) is 0 Å². The number of anilines is 3. The Balaban J connectivity index is 1.09. The second-order valence-corrected chi connectivity index (χ2v) is 14.9.